The van der Waals surface area contributed by atoms with Gasteiger partial charge in [0.25, 0.3) is 0 Å². The minimum atomic E-state index is -0.886. The van der Waals surface area contributed by atoms with Crippen molar-refractivity contribution in [2.24, 2.45) is 0 Å². The molecule has 0 radical (unpaired) electrons. The maximum atomic E-state index is 10.7. The number of carboxylic acid groups (broad SMARTS) is 1. The van der Waals surface area contributed by atoms with Crippen molar-refractivity contribution >= 4 is 28.9 Å². The van der Waals surface area contributed by atoms with Gasteiger partial charge in [0, 0.05) is 28.4 Å². The van der Waals surface area contributed by atoms with Gasteiger partial charge in [0.05, 0.1) is 5.56 Å². The molecule has 0 saturated carbocycles. The molecule has 94 valence electrons. The molecule has 0 aliphatic carbocycles. The second-order valence-corrected chi connectivity index (χ2v) is 5.20. The Bertz CT molecular complexity index is 553. The molecule has 0 saturated heterocycles. The molecule has 18 heavy (non-hydrogen) atoms. The summed E-state index contributed by atoms with van der Waals surface area (Å²) in [6.07, 6.45) is 0. The van der Waals surface area contributed by atoms with E-state index >= 15 is 0 Å². The SMILES string of the molecule is O=C(O)c1csc(CNCc2ccccc2Cl)c1. The Morgan fingerprint density at radius 3 is 2.78 bits per heavy atom. The fourth-order valence-corrected chi connectivity index (χ4v) is 2.58. The molecule has 0 aliphatic heterocycles. The first kappa shape index (κ1) is 13.1. The Labute approximate surface area is 114 Å². The lowest BCUT2D eigenvalue weighted by Gasteiger charge is -2.05. The Morgan fingerprint density at radius 1 is 1.33 bits per heavy atom. The van der Waals surface area contributed by atoms with E-state index in [0.717, 1.165) is 15.5 Å². The van der Waals surface area contributed by atoms with E-state index in [9.17, 15) is 4.79 Å². The van der Waals surface area contributed by atoms with Crippen molar-refractivity contribution in [1.82, 2.24) is 5.32 Å². The highest BCUT2D eigenvalue weighted by molar-refractivity contribution is 7.10. The molecule has 0 fully saturated rings. The van der Waals surface area contributed by atoms with Crippen molar-refractivity contribution in [2.45, 2.75) is 13.1 Å². The van der Waals surface area contributed by atoms with Crippen molar-refractivity contribution in [3.8, 4) is 0 Å². The highest BCUT2D eigenvalue weighted by Gasteiger charge is 2.06. The summed E-state index contributed by atoms with van der Waals surface area (Å²) in [5.41, 5.74) is 1.38. The molecule has 0 spiro atoms. The zero-order valence-corrected chi connectivity index (χ0v) is 11.1. The van der Waals surface area contributed by atoms with Crippen molar-refractivity contribution in [2.75, 3.05) is 0 Å². The minimum Gasteiger partial charge on any atom is -0.478 e. The van der Waals surface area contributed by atoms with Crippen LogP contribution in [0.5, 0.6) is 0 Å². The topological polar surface area (TPSA) is 49.3 Å². The lowest BCUT2D eigenvalue weighted by Crippen LogP contribution is -2.12. The standard InChI is InChI=1S/C13H12ClNO2S/c14-12-4-2-1-3-9(12)6-15-7-11-5-10(8-18-11)13(16)17/h1-5,8,15H,6-7H2,(H,16,17). The first-order chi connectivity index (χ1) is 8.66. The molecule has 0 amide bonds. The summed E-state index contributed by atoms with van der Waals surface area (Å²) in [7, 11) is 0. The summed E-state index contributed by atoms with van der Waals surface area (Å²) in [5, 5.41) is 14.4. The van der Waals surface area contributed by atoms with Gasteiger partial charge < -0.3 is 10.4 Å². The van der Waals surface area contributed by atoms with Crippen LogP contribution in [0.15, 0.2) is 35.7 Å². The molecule has 3 nitrogen and oxygen atoms in total. The molecule has 0 atom stereocenters. The number of carbonyl (C=O) groups is 1. The lowest BCUT2D eigenvalue weighted by molar-refractivity contribution is 0.0697. The van der Waals surface area contributed by atoms with Gasteiger partial charge in [-0.05, 0) is 17.7 Å². The van der Waals surface area contributed by atoms with Crippen molar-refractivity contribution in [3.05, 3.63) is 56.7 Å². The molecular weight excluding hydrogens is 270 g/mol. The minimum absolute atomic E-state index is 0.342. The molecule has 1 aromatic carbocycles. The van der Waals surface area contributed by atoms with E-state index in [2.05, 4.69) is 5.32 Å². The predicted octanol–water partition coefficient (Wildman–Crippen LogP) is 3.39. The summed E-state index contributed by atoms with van der Waals surface area (Å²) >= 11 is 7.48. The van der Waals surface area contributed by atoms with Gasteiger partial charge in [-0.25, -0.2) is 4.79 Å². The van der Waals surface area contributed by atoms with E-state index in [-0.39, 0.29) is 0 Å². The number of halogens is 1. The summed E-state index contributed by atoms with van der Waals surface area (Å²) in [6, 6.07) is 9.34. The Kier molecular flexibility index (Phi) is 4.36. The fourth-order valence-electron chi connectivity index (χ4n) is 1.55. The third-order valence-corrected chi connectivity index (χ3v) is 3.78. The van der Waals surface area contributed by atoms with Crippen molar-refractivity contribution in [1.29, 1.82) is 0 Å². The normalized spacial score (nSPS) is 10.5. The van der Waals surface area contributed by atoms with Crippen LogP contribution in [-0.2, 0) is 13.1 Å². The number of thiophene rings is 1. The smallest absolute Gasteiger partial charge is 0.336 e. The summed E-state index contributed by atoms with van der Waals surface area (Å²) < 4.78 is 0. The molecule has 0 bridgehead atoms. The van der Waals surface area contributed by atoms with E-state index in [1.54, 1.807) is 11.4 Å². The first-order valence-corrected chi connectivity index (χ1v) is 6.67. The second-order valence-electron chi connectivity index (χ2n) is 3.80. The zero-order valence-electron chi connectivity index (χ0n) is 9.52. The van der Waals surface area contributed by atoms with E-state index in [1.165, 1.54) is 11.3 Å². The van der Waals surface area contributed by atoms with Gasteiger partial charge in [0.2, 0.25) is 0 Å². The van der Waals surface area contributed by atoms with E-state index in [1.807, 2.05) is 24.3 Å². The number of aromatic carboxylic acids is 1. The highest BCUT2D eigenvalue weighted by Crippen LogP contribution is 2.16. The van der Waals surface area contributed by atoms with Crippen LogP contribution in [0.2, 0.25) is 5.02 Å². The quantitative estimate of drug-likeness (QED) is 0.883. The van der Waals surface area contributed by atoms with Gasteiger partial charge in [-0.3, -0.25) is 0 Å². The number of hydrogen-bond acceptors (Lipinski definition) is 3. The molecule has 1 aromatic heterocycles. The Morgan fingerprint density at radius 2 is 2.11 bits per heavy atom. The average molecular weight is 282 g/mol. The van der Waals surface area contributed by atoms with Crippen LogP contribution < -0.4 is 5.32 Å². The molecule has 0 unspecified atom stereocenters. The molecule has 2 rings (SSSR count). The first-order valence-electron chi connectivity index (χ1n) is 5.41. The van der Waals surface area contributed by atoms with Gasteiger partial charge in [0.15, 0.2) is 0 Å². The maximum absolute atomic E-state index is 10.7. The summed E-state index contributed by atoms with van der Waals surface area (Å²) in [5.74, 6) is -0.886. The van der Waals surface area contributed by atoms with Crippen molar-refractivity contribution < 1.29 is 9.90 Å². The second kappa shape index (κ2) is 6.00. The van der Waals surface area contributed by atoms with Gasteiger partial charge in [-0.1, -0.05) is 29.8 Å². The number of hydrogen-bond donors (Lipinski definition) is 2. The zero-order chi connectivity index (χ0) is 13.0. The highest BCUT2D eigenvalue weighted by atomic mass is 35.5. The third-order valence-electron chi connectivity index (χ3n) is 2.47. The fraction of sp³-hybridized carbons (Fsp3) is 0.154. The van der Waals surface area contributed by atoms with Crippen LogP contribution in [0.25, 0.3) is 0 Å². The maximum Gasteiger partial charge on any atom is 0.336 e. The van der Waals surface area contributed by atoms with Crippen LogP contribution in [-0.4, -0.2) is 11.1 Å². The predicted molar refractivity (Wildman–Crippen MR) is 73.3 cm³/mol. The van der Waals surface area contributed by atoms with Crippen LogP contribution in [0.1, 0.15) is 20.8 Å². The molecular formula is C13H12ClNO2S. The van der Waals surface area contributed by atoms with Gasteiger partial charge in [-0.15, -0.1) is 11.3 Å². The molecule has 2 N–H and O–H groups in total. The van der Waals surface area contributed by atoms with Gasteiger partial charge >= 0.3 is 5.97 Å². The number of benzene rings is 1. The number of carboxylic acids is 1. The van der Waals surface area contributed by atoms with Crippen LogP contribution >= 0.6 is 22.9 Å². The Hall–Kier alpha value is -1.36. The van der Waals surface area contributed by atoms with Crippen molar-refractivity contribution in [3.63, 3.8) is 0 Å². The van der Waals surface area contributed by atoms with Crippen LogP contribution in [0.3, 0.4) is 0 Å². The largest absolute Gasteiger partial charge is 0.478 e. The lowest BCUT2D eigenvalue weighted by atomic mass is 10.2. The van der Waals surface area contributed by atoms with E-state index < -0.39 is 5.97 Å². The van der Waals surface area contributed by atoms with E-state index in [4.69, 9.17) is 16.7 Å². The molecule has 5 heteroatoms. The molecule has 0 aliphatic rings. The van der Waals surface area contributed by atoms with Crippen LogP contribution in [0.4, 0.5) is 0 Å². The molecule has 1 heterocycles. The average Bonchev–Trinajstić information content (AvgIpc) is 2.80. The van der Waals surface area contributed by atoms with Gasteiger partial charge in [-0.2, -0.15) is 0 Å². The van der Waals surface area contributed by atoms with Gasteiger partial charge in [0.1, 0.15) is 0 Å². The van der Waals surface area contributed by atoms with E-state index in [0.29, 0.717) is 18.7 Å². The third kappa shape index (κ3) is 3.32. The number of rotatable bonds is 5. The monoisotopic (exact) mass is 281 g/mol. The molecule has 2 aromatic rings. The number of nitrogens with one attached hydrogen (secondary N) is 1. The summed E-state index contributed by atoms with van der Waals surface area (Å²) in [4.78, 5) is 11.7. The summed E-state index contributed by atoms with van der Waals surface area (Å²) in [6.45, 7) is 1.31. The Balaban J connectivity index is 1.88. The van der Waals surface area contributed by atoms with Crippen LogP contribution in [0, 0.1) is 0 Å².